The highest BCUT2D eigenvalue weighted by atomic mass is 16.5. The second-order valence-electron chi connectivity index (χ2n) is 4.23. The maximum Gasteiger partial charge on any atom is 0.319 e. The van der Waals surface area contributed by atoms with E-state index in [1.807, 2.05) is 30.3 Å². The lowest BCUT2D eigenvalue weighted by Crippen LogP contribution is -2.27. The monoisotopic (exact) mass is 280 g/mol. The summed E-state index contributed by atoms with van der Waals surface area (Å²) in [6.45, 7) is 1.51. The van der Waals surface area contributed by atoms with Crippen LogP contribution in [0.25, 0.3) is 0 Å². The van der Waals surface area contributed by atoms with Crippen molar-refractivity contribution in [3.05, 3.63) is 35.9 Å². The molecule has 20 heavy (non-hydrogen) atoms. The maximum atomic E-state index is 11.4. The lowest BCUT2D eigenvalue weighted by Gasteiger charge is -2.06. The van der Waals surface area contributed by atoms with Crippen LogP contribution < -0.4 is 10.6 Å². The highest BCUT2D eigenvalue weighted by molar-refractivity contribution is 5.71. The molecular formula is C14H20N2O4. The molecule has 3 N–H and O–H groups in total. The van der Waals surface area contributed by atoms with Gasteiger partial charge in [0.1, 0.15) is 0 Å². The fourth-order valence-corrected chi connectivity index (χ4v) is 1.53. The first-order chi connectivity index (χ1) is 9.68. The summed E-state index contributed by atoms with van der Waals surface area (Å²) in [6, 6.07) is 9.79. The van der Waals surface area contributed by atoms with Crippen molar-refractivity contribution in [3.8, 4) is 0 Å². The van der Waals surface area contributed by atoms with E-state index in [0.717, 1.165) is 5.56 Å². The number of ether oxygens (including phenoxy) is 1. The van der Waals surface area contributed by atoms with Gasteiger partial charge in [0.15, 0.2) is 0 Å². The summed E-state index contributed by atoms with van der Waals surface area (Å²) in [6.07, 6.45) is 0.595. The zero-order chi connectivity index (χ0) is 14.6. The Morgan fingerprint density at radius 2 is 1.85 bits per heavy atom. The van der Waals surface area contributed by atoms with Crippen molar-refractivity contribution in [2.75, 3.05) is 26.2 Å². The molecule has 1 aromatic rings. The molecule has 1 rings (SSSR count). The van der Waals surface area contributed by atoms with Gasteiger partial charge in [0.25, 0.3) is 0 Å². The standard InChI is InChI=1S/C14H20N2O4/c17-13(18)10-15-7-4-8-20-14(19)11-16-9-12-5-2-1-3-6-12/h1-3,5-6,15-16H,4,7-11H2,(H,17,18). The number of hydrogen-bond donors (Lipinski definition) is 3. The molecule has 0 aliphatic carbocycles. The number of hydrogen-bond acceptors (Lipinski definition) is 5. The summed E-state index contributed by atoms with van der Waals surface area (Å²) in [5.74, 6) is -1.20. The van der Waals surface area contributed by atoms with Crippen LogP contribution in [-0.4, -0.2) is 43.3 Å². The van der Waals surface area contributed by atoms with Gasteiger partial charge in [0.2, 0.25) is 0 Å². The predicted octanol–water partition coefficient (Wildman–Crippen LogP) is 0.384. The maximum absolute atomic E-state index is 11.4. The van der Waals surface area contributed by atoms with Crippen molar-refractivity contribution in [1.82, 2.24) is 10.6 Å². The minimum atomic E-state index is -0.896. The highest BCUT2D eigenvalue weighted by Crippen LogP contribution is 1.96. The lowest BCUT2D eigenvalue weighted by atomic mass is 10.2. The molecule has 0 radical (unpaired) electrons. The third-order valence-corrected chi connectivity index (χ3v) is 2.48. The van der Waals surface area contributed by atoms with Crippen LogP contribution in [0.1, 0.15) is 12.0 Å². The summed E-state index contributed by atoms with van der Waals surface area (Å²) < 4.78 is 5.00. The van der Waals surface area contributed by atoms with Crippen LogP contribution in [0.5, 0.6) is 0 Å². The van der Waals surface area contributed by atoms with Crippen LogP contribution in [0.4, 0.5) is 0 Å². The third kappa shape index (κ3) is 8.23. The van der Waals surface area contributed by atoms with E-state index in [-0.39, 0.29) is 19.1 Å². The Labute approximate surface area is 118 Å². The molecule has 6 nitrogen and oxygen atoms in total. The van der Waals surface area contributed by atoms with Crippen LogP contribution >= 0.6 is 0 Å². The second-order valence-corrected chi connectivity index (χ2v) is 4.23. The zero-order valence-corrected chi connectivity index (χ0v) is 11.3. The van der Waals surface area contributed by atoms with Crippen molar-refractivity contribution >= 4 is 11.9 Å². The quantitative estimate of drug-likeness (QED) is 0.424. The van der Waals surface area contributed by atoms with Gasteiger partial charge in [-0.05, 0) is 18.5 Å². The zero-order valence-electron chi connectivity index (χ0n) is 11.3. The van der Waals surface area contributed by atoms with Crippen LogP contribution in [0.3, 0.4) is 0 Å². The van der Waals surface area contributed by atoms with Gasteiger partial charge in [-0.1, -0.05) is 30.3 Å². The van der Waals surface area contributed by atoms with Crippen molar-refractivity contribution in [2.45, 2.75) is 13.0 Å². The van der Waals surface area contributed by atoms with Gasteiger partial charge in [-0.3, -0.25) is 9.59 Å². The normalized spacial score (nSPS) is 10.2. The Kier molecular flexibility index (Phi) is 8.02. The van der Waals surface area contributed by atoms with Crippen molar-refractivity contribution in [2.24, 2.45) is 0 Å². The van der Waals surface area contributed by atoms with Crippen molar-refractivity contribution in [3.63, 3.8) is 0 Å². The minimum Gasteiger partial charge on any atom is -0.480 e. The second kappa shape index (κ2) is 9.94. The lowest BCUT2D eigenvalue weighted by molar-refractivity contribution is -0.142. The van der Waals surface area contributed by atoms with Gasteiger partial charge in [-0.25, -0.2) is 0 Å². The fraction of sp³-hybridized carbons (Fsp3) is 0.429. The Morgan fingerprint density at radius 1 is 1.10 bits per heavy atom. The van der Waals surface area contributed by atoms with Gasteiger partial charge in [-0.2, -0.15) is 0 Å². The first-order valence-electron chi connectivity index (χ1n) is 6.51. The van der Waals surface area contributed by atoms with Crippen LogP contribution in [0, 0.1) is 0 Å². The van der Waals surface area contributed by atoms with E-state index >= 15 is 0 Å². The highest BCUT2D eigenvalue weighted by Gasteiger charge is 2.02. The average Bonchev–Trinajstić information content (AvgIpc) is 2.43. The molecule has 0 fully saturated rings. The molecule has 0 unspecified atom stereocenters. The van der Waals surface area contributed by atoms with Crippen LogP contribution in [0.15, 0.2) is 30.3 Å². The predicted molar refractivity (Wildman–Crippen MR) is 74.2 cm³/mol. The Morgan fingerprint density at radius 3 is 2.55 bits per heavy atom. The van der Waals surface area contributed by atoms with E-state index in [0.29, 0.717) is 26.1 Å². The Hall–Kier alpha value is -1.92. The number of carbonyl (C=O) groups excluding carboxylic acids is 1. The number of carboxylic acid groups (broad SMARTS) is 1. The number of carbonyl (C=O) groups is 2. The summed E-state index contributed by atoms with van der Waals surface area (Å²) in [5.41, 5.74) is 1.11. The smallest absolute Gasteiger partial charge is 0.319 e. The van der Waals surface area contributed by atoms with E-state index < -0.39 is 5.97 Å². The van der Waals surface area contributed by atoms with E-state index in [1.165, 1.54) is 0 Å². The molecule has 0 aliphatic rings. The number of nitrogens with one attached hydrogen (secondary N) is 2. The van der Waals surface area contributed by atoms with E-state index in [1.54, 1.807) is 0 Å². The molecule has 0 saturated heterocycles. The van der Waals surface area contributed by atoms with Crippen molar-refractivity contribution < 1.29 is 19.4 Å². The summed E-state index contributed by atoms with van der Waals surface area (Å²) >= 11 is 0. The van der Waals surface area contributed by atoms with Crippen LogP contribution in [-0.2, 0) is 20.9 Å². The topological polar surface area (TPSA) is 87.7 Å². The molecule has 0 amide bonds. The Bertz CT molecular complexity index is 409. The van der Waals surface area contributed by atoms with Gasteiger partial charge in [-0.15, -0.1) is 0 Å². The van der Waals surface area contributed by atoms with Crippen LogP contribution in [0.2, 0.25) is 0 Å². The minimum absolute atomic E-state index is 0.0768. The van der Waals surface area contributed by atoms with E-state index in [9.17, 15) is 9.59 Å². The molecule has 6 heteroatoms. The fourth-order valence-electron chi connectivity index (χ4n) is 1.53. The Balaban J connectivity index is 1.97. The molecule has 0 atom stereocenters. The summed E-state index contributed by atoms with van der Waals surface area (Å²) in [4.78, 5) is 21.6. The van der Waals surface area contributed by atoms with E-state index in [2.05, 4.69) is 10.6 Å². The molecule has 0 bridgehead atoms. The van der Waals surface area contributed by atoms with Gasteiger partial charge in [0.05, 0.1) is 19.7 Å². The van der Waals surface area contributed by atoms with Gasteiger partial charge in [0, 0.05) is 6.54 Å². The van der Waals surface area contributed by atoms with E-state index in [4.69, 9.17) is 9.84 Å². The first-order valence-corrected chi connectivity index (χ1v) is 6.51. The molecule has 1 aromatic carbocycles. The molecule has 0 heterocycles. The molecule has 0 spiro atoms. The summed E-state index contributed by atoms with van der Waals surface area (Å²) in [5, 5.41) is 14.1. The van der Waals surface area contributed by atoms with Gasteiger partial charge >= 0.3 is 11.9 Å². The van der Waals surface area contributed by atoms with Crippen molar-refractivity contribution in [1.29, 1.82) is 0 Å². The molecule has 0 aromatic heterocycles. The molecule has 110 valence electrons. The SMILES string of the molecule is O=C(O)CNCCCOC(=O)CNCc1ccccc1. The largest absolute Gasteiger partial charge is 0.480 e. The molecule has 0 aliphatic heterocycles. The number of benzene rings is 1. The number of esters is 1. The number of aliphatic carboxylic acids is 1. The first kappa shape index (κ1) is 16.1. The number of rotatable bonds is 10. The molecular weight excluding hydrogens is 260 g/mol. The third-order valence-electron chi connectivity index (χ3n) is 2.48. The molecule has 0 saturated carbocycles. The average molecular weight is 280 g/mol. The van der Waals surface area contributed by atoms with Gasteiger partial charge < -0.3 is 20.5 Å². The summed E-state index contributed by atoms with van der Waals surface area (Å²) in [7, 11) is 0. The number of carboxylic acids is 1.